The highest BCUT2D eigenvalue weighted by Gasteiger charge is 2.02. The van der Waals surface area contributed by atoms with Crippen LogP contribution >= 0.6 is 0 Å². The van der Waals surface area contributed by atoms with Crippen LogP contribution < -0.4 is 0 Å². The van der Waals surface area contributed by atoms with Crippen molar-refractivity contribution in [2.24, 2.45) is 0 Å². The monoisotopic (exact) mass is 560 g/mol. The molecule has 0 saturated carbocycles. The normalized spacial score (nSPS) is 11.9. The van der Waals surface area contributed by atoms with E-state index in [9.17, 15) is 8.42 Å². The number of unbranched alkanes of at least 4 members (excludes halogenated alkanes) is 30. The molecule has 0 amide bonds. The standard InChI is InChI=1S/C33H68O4S/c1-2-3-4-5-6-7-8-9-10-11-12-13-14-15-16-17-18-19-20-21-22-23-24-25-26-27-28-29-30-31-32-33-37-38(34,35)36/h2-33H2,1H3,(H,34,35,36). The summed E-state index contributed by atoms with van der Waals surface area (Å²) in [6.07, 6.45) is 42.6. The van der Waals surface area contributed by atoms with Crippen LogP contribution in [0.5, 0.6) is 0 Å². The first-order chi connectivity index (χ1) is 18.6. The smallest absolute Gasteiger partial charge is 0.264 e. The quantitative estimate of drug-likeness (QED) is 0.0640. The van der Waals surface area contributed by atoms with E-state index >= 15 is 0 Å². The van der Waals surface area contributed by atoms with Gasteiger partial charge in [0.15, 0.2) is 0 Å². The van der Waals surface area contributed by atoms with Crippen molar-refractivity contribution in [1.82, 2.24) is 0 Å². The van der Waals surface area contributed by atoms with Crippen LogP contribution in [0.3, 0.4) is 0 Å². The lowest BCUT2D eigenvalue weighted by atomic mass is 10.0. The Morgan fingerprint density at radius 1 is 0.368 bits per heavy atom. The molecule has 0 aliphatic rings. The molecule has 0 aliphatic heterocycles. The minimum atomic E-state index is -4.26. The van der Waals surface area contributed by atoms with Crippen LogP contribution in [-0.4, -0.2) is 19.6 Å². The molecule has 0 fully saturated rings. The van der Waals surface area contributed by atoms with Gasteiger partial charge in [-0.1, -0.05) is 200 Å². The summed E-state index contributed by atoms with van der Waals surface area (Å²) in [5.74, 6) is 0. The summed E-state index contributed by atoms with van der Waals surface area (Å²) < 4.78 is 33.7. The lowest BCUT2D eigenvalue weighted by molar-refractivity contribution is 0.261. The number of hydrogen-bond donors (Lipinski definition) is 1. The fourth-order valence-electron chi connectivity index (χ4n) is 5.47. The molecule has 0 radical (unpaired) electrons. The highest BCUT2D eigenvalue weighted by atomic mass is 32.3. The van der Waals surface area contributed by atoms with Crippen LogP contribution in [0.15, 0.2) is 0 Å². The van der Waals surface area contributed by atoms with Crippen LogP contribution in [0.4, 0.5) is 0 Å². The van der Waals surface area contributed by atoms with E-state index in [2.05, 4.69) is 11.1 Å². The van der Waals surface area contributed by atoms with Gasteiger partial charge < -0.3 is 0 Å². The summed E-state index contributed by atoms with van der Waals surface area (Å²) in [4.78, 5) is 0. The zero-order chi connectivity index (χ0) is 27.8. The van der Waals surface area contributed by atoms with Crippen molar-refractivity contribution in [3.05, 3.63) is 0 Å². The Morgan fingerprint density at radius 2 is 0.553 bits per heavy atom. The zero-order valence-corrected chi connectivity index (χ0v) is 26.5. The topological polar surface area (TPSA) is 63.6 Å². The Hall–Kier alpha value is -0.130. The highest BCUT2D eigenvalue weighted by molar-refractivity contribution is 7.80. The first-order valence-corrected chi connectivity index (χ1v) is 18.5. The molecule has 0 heterocycles. The molecule has 0 aromatic rings. The summed E-state index contributed by atoms with van der Waals surface area (Å²) in [5.41, 5.74) is 0. The third kappa shape index (κ3) is 35.9. The maximum Gasteiger partial charge on any atom is 0.397 e. The molecule has 0 unspecified atom stereocenters. The predicted octanol–water partition coefficient (Wildman–Crippen LogP) is 11.9. The predicted molar refractivity (Wildman–Crippen MR) is 166 cm³/mol. The Balaban J connectivity index is 3.05. The largest absolute Gasteiger partial charge is 0.397 e. The molecule has 5 heteroatoms. The second kappa shape index (κ2) is 31.4. The molecule has 0 aromatic heterocycles. The Labute approximate surface area is 239 Å². The highest BCUT2D eigenvalue weighted by Crippen LogP contribution is 2.16. The van der Waals surface area contributed by atoms with Crippen LogP contribution in [-0.2, 0) is 14.6 Å². The zero-order valence-electron chi connectivity index (χ0n) is 25.7. The van der Waals surface area contributed by atoms with Gasteiger partial charge in [0.25, 0.3) is 0 Å². The molecule has 1 N–H and O–H groups in total. The van der Waals surface area contributed by atoms with Crippen molar-refractivity contribution in [2.75, 3.05) is 6.61 Å². The fourth-order valence-corrected chi connectivity index (χ4v) is 5.79. The lowest BCUT2D eigenvalue weighted by Crippen LogP contribution is -2.04. The van der Waals surface area contributed by atoms with E-state index in [1.165, 1.54) is 180 Å². The molecule has 230 valence electrons. The van der Waals surface area contributed by atoms with Crippen molar-refractivity contribution >= 4 is 10.4 Å². The van der Waals surface area contributed by atoms with Gasteiger partial charge >= 0.3 is 10.4 Å². The van der Waals surface area contributed by atoms with Crippen molar-refractivity contribution in [2.45, 2.75) is 206 Å². The fraction of sp³-hybridized carbons (Fsp3) is 1.00. The third-order valence-electron chi connectivity index (χ3n) is 7.98. The molecule has 0 atom stereocenters. The van der Waals surface area contributed by atoms with Crippen molar-refractivity contribution < 1.29 is 17.2 Å². The molecule has 0 bridgehead atoms. The first kappa shape index (κ1) is 37.9. The second-order valence-electron chi connectivity index (χ2n) is 11.9. The maximum atomic E-state index is 10.4. The van der Waals surface area contributed by atoms with Gasteiger partial charge in [0.1, 0.15) is 0 Å². The van der Waals surface area contributed by atoms with E-state index < -0.39 is 10.4 Å². The van der Waals surface area contributed by atoms with E-state index in [0.717, 1.165) is 12.8 Å². The molecule has 0 spiro atoms. The van der Waals surface area contributed by atoms with Gasteiger partial charge in [-0.15, -0.1) is 0 Å². The molecule has 0 aromatic carbocycles. The van der Waals surface area contributed by atoms with Gasteiger partial charge in [-0.25, -0.2) is 4.18 Å². The summed E-state index contributed by atoms with van der Waals surface area (Å²) in [7, 11) is -4.26. The second-order valence-corrected chi connectivity index (χ2v) is 12.9. The maximum absolute atomic E-state index is 10.4. The van der Waals surface area contributed by atoms with Crippen LogP contribution in [0, 0.1) is 0 Å². The molecular weight excluding hydrogens is 492 g/mol. The average molecular weight is 561 g/mol. The van der Waals surface area contributed by atoms with E-state index in [0.29, 0.717) is 6.42 Å². The van der Waals surface area contributed by atoms with E-state index in [4.69, 9.17) is 4.55 Å². The molecule has 0 aliphatic carbocycles. The number of rotatable bonds is 33. The molecular formula is C33H68O4S. The van der Waals surface area contributed by atoms with Crippen LogP contribution in [0.1, 0.15) is 206 Å². The average Bonchev–Trinajstić information content (AvgIpc) is 2.88. The van der Waals surface area contributed by atoms with Crippen molar-refractivity contribution in [3.8, 4) is 0 Å². The van der Waals surface area contributed by atoms with Gasteiger partial charge in [-0.05, 0) is 6.42 Å². The summed E-state index contributed by atoms with van der Waals surface area (Å²) in [6, 6.07) is 0. The Kier molecular flexibility index (Phi) is 31.3. The lowest BCUT2D eigenvalue weighted by Gasteiger charge is -2.05. The molecule has 4 nitrogen and oxygen atoms in total. The van der Waals surface area contributed by atoms with Gasteiger partial charge in [-0.3, -0.25) is 4.55 Å². The Morgan fingerprint density at radius 3 is 0.737 bits per heavy atom. The van der Waals surface area contributed by atoms with Gasteiger partial charge in [0.05, 0.1) is 6.61 Å². The number of hydrogen-bond acceptors (Lipinski definition) is 3. The first-order valence-electron chi connectivity index (χ1n) is 17.2. The van der Waals surface area contributed by atoms with E-state index in [1.54, 1.807) is 0 Å². The third-order valence-corrected chi connectivity index (χ3v) is 8.44. The molecule has 0 saturated heterocycles. The van der Waals surface area contributed by atoms with Crippen molar-refractivity contribution in [3.63, 3.8) is 0 Å². The van der Waals surface area contributed by atoms with E-state index in [-0.39, 0.29) is 6.61 Å². The van der Waals surface area contributed by atoms with Gasteiger partial charge in [-0.2, -0.15) is 8.42 Å². The molecule has 38 heavy (non-hydrogen) atoms. The SMILES string of the molecule is CCCCCCCCCCCCCCCCCCCCCCCCCCCCCCCCCOS(=O)(=O)O. The summed E-state index contributed by atoms with van der Waals surface area (Å²) in [6.45, 7) is 2.39. The van der Waals surface area contributed by atoms with Crippen LogP contribution in [0.2, 0.25) is 0 Å². The van der Waals surface area contributed by atoms with E-state index in [1.807, 2.05) is 0 Å². The molecule has 0 rings (SSSR count). The van der Waals surface area contributed by atoms with Crippen molar-refractivity contribution in [1.29, 1.82) is 0 Å². The minimum absolute atomic E-state index is 0.0956. The van der Waals surface area contributed by atoms with Crippen LogP contribution in [0.25, 0.3) is 0 Å². The van der Waals surface area contributed by atoms with Gasteiger partial charge in [0, 0.05) is 0 Å². The minimum Gasteiger partial charge on any atom is -0.264 e. The summed E-state index contributed by atoms with van der Waals surface area (Å²) in [5, 5.41) is 0. The van der Waals surface area contributed by atoms with Gasteiger partial charge in [0.2, 0.25) is 0 Å². The summed E-state index contributed by atoms with van der Waals surface area (Å²) >= 11 is 0. The Bertz CT molecular complexity index is 535.